The minimum Gasteiger partial charge on any atom is -0.359 e. The third kappa shape index (κ3) is 4.76. The Morgan fingerprint density at radius 1 is 1.00 bits per heavy atom. The number of aromatic nitrogens is 1. The van der Waals surface area contributed by atoms with E-state index in [1.54, 1.807) is 13.1 Å². The maximum Gasteiger partial charge on any atom is 0.255 e. The Hall–Kier alpha value is -3.85. The van der Waals surface area contributed by atoms with Gasteiger partial charge in [-0.1, -0.05) is 12.1 Å². The monoisotopic (exact) mass is 531 g/mol. The molecule has 3 aliphatic heterocycles. The van der Waals surface area contributed by atoms with Gasteiger partial charge in [-0.2, -0.15) is 0 Å². The summed E-state index contributed by atoms with van der Waals surface area (Å²) < 4.78 is 28.5. The van der Waals surface area contributed by atoms with E-state index in [1.807, 2.05) is 35.2 Å². The third-order valence-electron chi connectivity index (χ3n) is 8.11. The van der Waals surface area contributed by atoms with Crippen LogP contribution in [0, 0.1) is 11.6 Å². The van der Waals surface area contributed by atoms with Gasteiger partial charge in [-0.05, 0) is 74.6 Å². The van der Waals surface area contributed by atoms with E-state index in [2.05, 4.69) is 15.2 Å². The van der Waals surface area contributed by atoms with E-state index in [-0.39, 0.29) is 30.1 Å². The van der Waals surface area contributed by atoms with Crippen molar-refractivity contribution in [3.63, 3.8) is 0 Å². The molecule has 2 saturated heterocycles. The predicted molar refractivity (Wildman–Crippen MR) is 145 cm³/mol. The van der Waals surface area contributed by atoms with E-state index >= 15 is 0 Å². The summed E-state index contributed by atoms with van der Waals surface area (Å²) in [6, 6.07) is 11.8. The van der Waals surface area contributed by atoms with Gasteiger partial charge in [0.05, 0.1) is 24.4 Å². The molecule has 3 aliphatic rings. The fraction of sp³-hybridized carbons (Fsp3) is 0.367. The molecule has 0 saturated carbocycles. The first kappa shape index (κ1) is 25.4. The number of fused-ring (bicyclic) bond motifs is 1. The number of nitrogens with one attached hydrogen (secondary N) is 1. The molecule has 2 amide bonds. The second-order valence-corrected chi connectivity index (χ2v) is 10.5. The first-order valence-electron chi connectivity index (χ1n) is 13.6. The topological polar surface area (TPSA) is 68.8 Å². The molecule has 1 N–H and O–H groups in total. The van der Waals surface area contributed by atoms with Crippen molar-refractivity contribution in [1.82, 2.24) is 14.8 Å². The lowest BCUT2D eigenvalue weighted by atomic mass is 10.0. The highest BCUT2D eigenvalue weighted by atomic mass is 19.1. The molecule has 1 aromatic heterocycles. The van der Waals surface area contributed by atoms with Crippen LogP contribution in [0.3, 0.4) is 0 Å². The Balaban J connectivity index is 1.26. The predicted octanol–water partition coefficient (Wildman–Crippen LogP) is 5.20. The van der Waals surface area contributed by atoms with E-state index in [9.17, 15) is 18.4 Å². The fourth-order valence-corrected chi connectivity index (χ4v) is 6.08. The van der Waals surface area contributed by atoms with Gasteiger partial charge in [-0.3, -0.25) is 14.5 Å². The summed E-state index contributed by atoms with van der Waals surface area (Å²) in [4.78, 5) is 36.7. The summed E-state index contributed by atoms with van der Waals surface area (Å²) in [7, 11) is 0. The zero-order valence-electron chi connectivity index (χ0n) is 21.9. The molecule has 0 aliphatic carbocycles. The smallest absolute Gasteiger partial charge is 0.255 e. The Morgan fingerprint density at radius 3 is 2.54 bits per heavy atom. The molecule has 0 spiro atoms. The van der Waals surface area contributed by atoms with Gasteiger partial charge < -0.3 is 15.1 Å². The number of likely N-dealkylation sites (tertiary alicyclic amines) is 2. The lowest BCUT2D eigenvalue weighted by molar-refractivity contribution is -0.117. The van der Waals surface area contributed by atoms with Gasteiger partial charge in [0.1, 0.15) is 11.6 Å². The van der Waals surface area contributed by atoms with Crippen LogP contribution >= 0.6 is 0 Å². The van der Waals surface area contributed by atoms with Gasteiger partial charge in [0.25, 0.3) is 5.91 Å². The highest BCUT2D eigenvalue weighted by Gasteiger charge is 2.35. The van der Waals surface area contributed by atoms with Crippen molar-refractivity contribution in [3.05, 3.63) is 77.5 Å². The van der Waals surface area contributed by atoms with Crippen molar-refractivity contribution in [2.75, 3.05) is 36.4 Å². The number of amides is 2. The summed E-state index contributed by atoms with van der Waals surface area (Å²) in [6.07, 6.45) is 6.31. The normalized spacial score (nSPS) is 20.2. The van der Waals surface area contributed by atoms with Crippen LogP contribution in [0.25, 0.3) is 11.1 Å². The number of carbonyl (C=O) groups is 2. The van der Waals surface area contributed by atoms with Gasteiger partial charge in [0.2, 0.25) is 5.91 Å². The number of benzene rings is 2. The number of hydrogen-bond acceptors (Lipinski definition) is 5. The van der Waals surface area contributed by atoms with Gasteiger partial charge in [0.15, 0.2) is 5.82 Å². The SMILES string of the molecule is CC(c1cc(F)ccc1F)N1C(=O)CNc2ncc(-c3ccc(C(=O)N4CCCC4N4CCCC4)cc3)cc21. The molecule has 2 unspecified atom stereocenters. The average molecular weight is 532 g/mol. The third-order valence-corrected chi connectivity index (χ3v) is 8.11. The van der Waals surface area contributed by atoms with Crippen LogP contribution in [-0.4, -0.2) is 58.9 Å². The van der Waals surface area contributed by atoms with Crippen LogP contribution in [-0.2, 0) is 4.79 Å². The van der Waals surface area contributed by atoms with Crippen LogP contribution in [0.1, 0.15) is 54.6 Å². The first-order valence-corrected chi connectivity index (χ1v) is 13.6. The first-order chi connectivity index (χ1) is 18.9. The van der Waals surface area contributed by atoms with Crippen LogP contribution in [0.5, 0.6) is 0 Å². The van der Waals surface area contributed by atoms with Gasteiger partial charge in [-0.15, -0.1) is 0 Å². The number of hydrogen-bond donors (Lipinski definition) is 1. The average Bonchev–Trinajstić information content (AvgIpc) is 3.66. The van der Waals surface area contributed by atoms with Gasteiger partial charge in [0, 0.05) is 42.5 Å². The molecule has 2 fully saturated rings. The maximum atomic E-state index is 14.6. The molecular weight excluding hydrogens is 500 g/mol. The molecule has 2 aromatic carbocycles. The molecule has 2 atom stereocenters. The minimum atomic E-state index is -0.741. The number of pyridine rings is 1. The lowest BCUT2D eigenvalue weighted by Crippen LogP contribution is -2.46. The van der Waals surface area contributed by atoms with Gasteiger partial charge >= 0.3 is 0 Å². The number of anilines is 2. The van der Waals surface area contributed by atoms with E-state index < -0.39 is 17.7 Å². The molecule has 0 radical (unpaired) electrons. The molecular formula is C30H31F2N5O2. The number of nitrogens with zero attached hydrogens (tertiary/aromatic N) is 4. The molecule has 6 rings (SSSR count). The summed E-state index contributed by atoms with van der Waals surface area (Å²) in [5, 5.41) is 3.01. The van der Waals surface area contributed by atoms with Crippen molar-refractivity contribution < 1.29 is 18.4 Å². The summed E-state index contributed by atoms with van der Waals surface area (Å²) >= 11 is 0. The number of rotatable bonds is 5. The standard InChI is InChI=1S/C30H31F2N5O2/c1-19(24-16-23(31)10-11-25(24)32)37-26-15-22(17-33-29(26)34-18-28(37)38)20-6-8-21(9-7-20)30(39)36-14-4-5-27(36)35-12-2-3-13-35/h6-11,15-17,19,27H,2-5,12-14,18H2,1H3,(H,33,34). The van der Waals surface area contributed by atoms with E-state index in [4.69, 9.17) is 0 Å². The van der Waals surface area contributed by atoms with E-state index in [0.29, 0.717) is 17.1 Å². The van der Waals surface area contributed by atoms with E-state index in [1.165, 1.54) is 17.7 Å². The second kappa shape index (κ2) is 10.4. The summed E-state index contributed by atoms with van der Waals surface area (Å²) in [5.74, 6) is -0.867. The number of halogens is 2. The van der Waals surface area contributed by atoms with Crippen LogP contribution in [0.15, 0.2) is 54.7 Å². The summed E-state index contributed by atoms with van der Waals surface area (Å²) in [6.45, 7) is 4.56. The van der Waals surface area contributed by atoms with E-state index in [0.717, 1.165) is 61.8 Å². The van der Waals surface area contributed by atoms with Crippen LogP contribution < -0.4 is 10.2 Å². The zero-order chi connectivity index (χ0) is 27.1. The lowest BCUT2D eigenvalue weighted by Gasteiger charge is -2.34. The Morgan fingerprint density at radius 2 is 1.77 bits per heavy atom. The fourth-order valence-electron chi connectivity index (χ4n) is 6.08. The van der Waals surface area contributed by atoms with Crippen LogP contribution in [0.2, 0.25) is 0 Å². The Labute approximate surface area is 226 Å². The molecule has 9 heteroatoms. The molecule has 3 aromatic rings. The van der Waals surface area contributed by atoms with Crippen molar-refractivity contribution in [2.45, 2.75) is 44.8 Å². The maximum absolute atomic E-state index is 14.6. The van der Waals surface area contributed by atoms with Crippen molar-refractivity contribution in [1.29, 1.82) is 0 Å². The second-order valence-electron chi connectivity index (χ2n) is 10.5. The van der Waals surface area contributed by atoms with Crippen molar-refractivity contribution >= 4 is 23.3 Å². The largest absolute Gasteiger partial charge is 0.359 e. The summed E-state index contributed by atoms with van der Waals surface area (Å²) in [5.41, 5.74) is 2.81. The molecule has 39 heavy (non-hydrogen) atoms. The Bertz CT molecular complexity index is 1410. The quantitative estimate of drug-likeness (QED) is 0.490. The Kier molecular flexibility index (Phi) is 6.76. The molecule has 202 valence electrons. The van der Waals surface area contributed by atoms with Crippen LogP contribution in [0.4, 0.5) is 20.3 Å². The van der Waals surface area contributed by atoms with Gasteiger partial charge in [-0.25, -0.2) is 13.8 Å². The number of carbonyl (C=O) groups excluding carboxylic acids is 2. The highest BCUT2D eigenvalue weighted by molar-refractivity contribution is 6.03. The van der Waals surface area contributed by atoms with Crippen molar-refractivity contribution in [3.8, 4) is 11.1 Å². The molecule has 4 heterocycles. The zero-order valence-corrected chi connectivity index (χ0v) is 21.9. The highest BCUT2D eigenvalue weighted by Crippen LogP contribution is 2.38. The molecule has 7 nitrogen and oxygen atoms in total. The minimum absolute atomic E-state index is 0.00630. The van der Waals surface area contributed by atoms with Crippen molar-refractivity contribution in [2.24, 2.45) is 0 Å². The molecule has 0 bridgehead atoms.